The van der Waals surface area contributed by atoms with Crippen LogP contribution in [0.2, 0.25) is 0 Å². The summed E-state index contributed by atoms with van der Waals surface area (Å²) in [5.41, 5.74) is 0.574. The van der Waals surface area contributed by atoms with Gasteiger partial charge in [0.25, 0.3) is 0 Å². The summed E-state index contributed by atoms with van der Waals surface area (Å²) < 4.78 is 10.2. The van der Waals surface area contributed by atoms with Crippen molar-refractivity contribution >= 4 is 23.9 Å². The zero-order chi connectivity index (χ0) is 27.5. The highest BCUT2D eigenvalue weighted by molar-refractivity contribution is 5.92. The van der Waals surface area contributed by atoms with Crippen LogP contribution in [-0.2, 0) is 23.9 Å². The Morgan fingerprint density at radius 1 is 1.11 bits per heavy atom. The second kappa shape index (κ2) is 14.4. The minimum atomic E-state index is -1.33. The molecule has 0 aliphatic rings. The van der Waals surface area contributed by atoms with Gasteiger partial charge in [-0.15, -0.1) is 0 Å². The van der Waals surface area contributed by atoms with Gasteiger partial charge in [-0.25, -0.2) is 4.79 Å². The van der Waals surface area contributed by atoms with Gasteiger partial charge in [-0.3, -0.25) is 14.4 Å². The number of nitrogens with zero attached hydrogens (tertiary/aromatic N) is 1. The molecule has 202 valence electrons. The predicted octanol–water partition coefficient (Wildman–Crippen LogP) is 2.62. The summed E-state index contributed by atoms with van der Waals surface area (Å²) in [6.45, 7) is 11.8. The Kier molecular flexibility index (Phi) is 12.4. The number of aryl methyl sites for hydroxylation is 1. The van der Waals surface area contributed by atoms with Gasteiger partial charge in [0.1, 0.15) is 17.7 Å². The van der Waals surface area contributed by atoms with E-state index in [0.717, 1.165) is 5.56 Å². The van der Waals surface area contributed by atoms with Gasteiger partial charge in [0, 0.05) is 12.6 Å². The molecule has 0 saturated carbocycles. The van der Waals surface area contributed by atoms with Crippen LogP contribution in [0.3, 0.4) is 0 Å². The number of hydrogen-bond donors (Lipinski definition) is 3. The zero-order valence-electron chi connectivity index (χ0n) is 22.4. The molecule has 10 heteroatoms. The van der Waals surface area contributed by atoms with E-state index in [2.05, 4.69) is 10.6 Å². The summed E-state index contributed by atoms with van der Waals surface area (Å²) in [6.07, 6.45) is -0.364. The fourth-order valence-corrected chi connectivity index (χ4v) is 3.54. The van der Waals surface area contributed by atoms with E-state index in [-0.39, 0.29) is 19.6 Å². The smallest absolute Gasteiger partial charge is 0.408 e. The fraction of sp³-hybridized carbons (Fsp3) is 0.615. The molecule has 0 aliphatic carbocycles. The third-order valence-corrected chi connectivity index (χ3v) is 5.44. The standard InChI is InChI=1S/C26H41N3O7/c1-8-18(4)29(24(33)20(16-30)28-25(34)36-26(5,6)7)22(19-13-11-10-12-17(19)3)23(32)27-15-14-21(31)35-9-2/h10-13,18,20,22,30H,8-9,14-16H2,1-7H3,(H,27,32)(H,28,34). The van der Waals surface area contributed by atoms with Crippen molar-refractivity contribution in [1.82, 2.24) is 15.5 Å². The van der Waals surface area contributed by atoms with Gasteiger partial charge >= 0.3 is 12.1 Å². The highest BCUT2D eigenvalue weighted by atomic mass is 16.6. The molecule has 10 nitrogen and oxygen atoms in total. The summed E-state index contributed by atoms with van der Waals surface area (Å²) >= 11 is 0. The van der Waals surface area contributed by atoms with E-state index < -0.39 is 54.2 Å². The van der Waals surface area contributed by atoms with Crippen molar-refractivity contribution in [1.29, 1.82) is 0 Å². The molecule has 0 heterocycles. The first-order valence-corrected chi connectivity index (χ1v) is 12.3. The van der Waals surface area contributed by atoms with E-state index in [1.54, 1.807) is 46.8 Å². The van der Waals surface area contributed by atoms with Crippen LogP contribution in [0.5, 0.6) is 0 Å². The number of rotatable bonds is 12. The molecule has 3 unspecified atom stereocenters. The first-order valence-electron chi connectivity index (χ1n) is 12.3. The molecular formula is C26H41N3O7. The van der Waals surface area contributed by atoms with E-state index in [1.807, 2.05) is 26.0 Å². The first-order chi connectivity index (χ1) is 16.9. The summed E-state index contributed by atoms with van der Waals surface area (Å²) in [7, 11) is 0. The lowest BCUT2D eigenvalue weighted by atomic mass is 9.96. The molecule has 1 aromatic rings. The van der Waals surface area contributed by atoms with Gasteiger partial charge < -0.3 is 30.1 Å². The molecule has 0 saturated heterocycles. The quantitative estimate of drug-likeness (QED) is 0.370. The molecule has 3 N–H and O–H groups in total. The fourth-order valence-electron chi connectivity index (χ4n) is 3.54. The van der Waals surface area contributed by atoms with Crippen molar-refractivity contribution in [3.05, 3.63) is 35.4 Å². The highest BCUT2D eigenvalue weighted by Crippen LogP contribution is 2.28. The maximum atomic E-state index is 13.7. The Morgan fingerprint density at radius 3 is 2.28 bits per heavy atom. The van der Waals surface area contributed by atoms with Gasteiger partial charge in [-0.05, 0) is 59.1 Å². The van der Waals surface area contributed by atoms with Crippen LogP contribution >= 0.6 is 0 Å². The van der Waals surface area contributed by atoms with Crippen molar-refractivity contribution in [3.63, 3.8) is 0 Å². The van der Waals surface area contributed by atoms with E-state index >= 15 is 0 Å². The Bertz CT molecular complexity index is 898. The van der Waals surface area contributed by atoms with Gasteiger partial charge in [0.2, 0.25) is 11.8 Å². The number of alkyl carbamates (subject to hydrolysis) is 1. The predicted molar refractivity (Wildman–Crippen MR) is 135 cm³/mol. The lowest BCUT2D eigenvalue weighted by molar-refractivity contribution is -0.146. The largest absolute Gasteiger partial charge is 0.466 e. The van der Waals surface area contributed by atoms with Crippen LogP contribution in [0, 0.1) is 6.92 Å². The number of esters is 1. The number of aliphatic hydroxyl groups is 1. The monoisotopic (exact) mass is 507 g/mol. The second-order valence-electron chi connectivity index (χ2n) is 9.49. The number of nitrogens with one attached hydrogen (secondary N) is 2. The number of aliphatic hydroxyl groups excluding tert-OH is 1. The van der Waals surface area contributed by atoms with Crippen LogP contribution in [0.15, 0.2) is 24.3 Å². The second-order valence-corrected chi connectivity index (χ2v) is 9.49. The van der Waals surface area contributed by atoms with Gasteiger partial charge in [0.05, 0.1) is 19.6 Å². The van der Waals surface area contributed by atoms with Crippen LogP contribution in [0.25, 0.3) is 0 Å². The van der Waals surface area contributed by atoms with Crippen molar-refractivity contribution in [3.8, 4) is 0 Å². The van der Waals surface area contributed by atoms with Gasteiger partial charge in [0.15, 0.2) is 0 Å². The van der Waals surface area contributed by atoms with Crippen LogP contribution in [-0.4, -0.2) is 71.3 Å². The van der Waals surface area contributed by atoms with E-state index in [4.69, 9.17) is 9.47 Å². The Labute approximate surface area is 213 Å². The maximum absolute atomic E-state index is 13.7. The third kappa shape index (κ3) is 9.49. The van der Waals surface area contributed by atoms with Crippen LogP contribution < -0.4 is 10.6 Å². The minimum Gasteiger partial charge on any atom is -0.466 e. The molecule has 0 fully saturated rings. The lowest BCUT2D eigenvalue weighted by Crippen LogP contribution is -2.56. The molecule has 3 amide bonds. The molecule has 3 atom stereocenters. The average Bonchev–Trinajstić information content (AvgIpc) is 2.79. The molecule has 0 aliphatic heterocycles. The minimum absolute atomic E-state index is 0.0170. The topological polar surface area (TPSA) is 134 Å². The molecule has 0 radical (unpaired) electrons. The normalized spacial score (nSPS) is 13.7. The number of ether oxygens (including phenoxy) is 2. The van der Waals surface area contributed by atoms with Crippen molar-refractivity contribution in [2.24, 2.45) is 0 Å². The van der Waals surface area contributed by atoms with Crippen LogP contribution in [0.4, 0.5) is 4.79 Å². The van der Waals surface area contributed by atoms with Crippen molar-refractivity contribution in [2.45, 2.75) is 85.0 Å². The van der Waals surface area contributed by atoms with Gasteiger partial charge in [-0.2, -0.15) is 0 Å². The Hall–Kier alpha value is -3.14. The number of carbonyl (C=O) groups is 4. The zero-order valence-corrected chi connectivity index (χ0v) is 22.4. The SMILES string of the molecule is CCOC(=O)CCNC(=O)C(c1ccccc1C)N(C(=O)C(CO)NC(=O)OC(C)(C)C)C(C)CC. The van der Waals surface area contributed by atoms with Crippen LogP contribution in [0.1, 0.15) is 71.6 Å². The number of hydrogen-bond acceptors (Lipinski definition) is 7. The summed E-state index contributed by atoms with van der Waals surface area (Å²) in [5.74, 6) is -1.57. The third-order valence-electron chi connectivity index (χ3n) is 5.44. The molecule has 0 bridgehead atoms. The maximum Gasteiger partial charge on any atom is 0.408 e. The summed E-state index contributed by atoms with van der Waals surface area (Å²) in [6, 6.07) is 4.36. The molecule has 1 aromatic carbocycles. The Balaban J connectivity index is 3.35. The van der Waals surface area contributed by atoms with Crippen molar-refractivity contribution < 1.29 is 33.8 Å². The van der Waals surface area contributed by atoms with E-state index in [0.29, 0.717) is 12.0 Å². The van der Waals surface area contributed by atoms with Gasteiger partial charge in [-0.1, -0.05) is 31.2 Å². The first kappa shape index (κ1) is 30.9. The average molecular weight is 508 g/mol. The molecule has 36 heavy (non-hydrogen) atoms. The molecule has 0 spiro atoms. The van der Waals surface area contributed by atoms with Crippen molar-refractivity contribution in [2.75, 3.05) is 19.8 Å². The number of benzene rings is 1. The Morgan fingerprint density at radius 2 is 1.75 bits per heavy atom. The molecule has 0 aromatic heterocycles. The van der Waals surface area contributed by atoms with E-state index in [9.17, 15) is 24.3 Å². The molecule has 1 rings (SSSR count). The lowest BCUT2D eigenvalue weighted by Gasteiger charge is -2.38. The number of amides is 3. The van der Waals surface area contributed by atoms with E-state index in [1.165, 1.54) is 4.90 Å². The molecular weight excluding hydrogens is 466 g/mol. The highest BCUT2D eigenvalue weighted by Gasteiger charge is 2.38. The number of carbonyl (C=O) groups excluding carboxylic acids is 4. The summed E-state index contributed by atoms with van der Waals surface area (Å²) in [4.78, 5) is 52.7. The summed E-state index contributed by atoms with van der Waals surface area (Å²) in [5, 5.41) is 15.1.